The van der Waals surface area contributed by atoms with Gasteiger partial charge in [0.15, 0.2) is 0 Å². The van der Waals surface area contributed by atoms with Gasteiger partial charge in [0.05, 0.1) is 0 Å². The van der Waals surface area contributed by atoms with E-state index in [-0.39, 0.29) is 11.9 Å². The van der Waals surface area contributed by atoms with Gasteiger partial charge < -0.3 is 9.73 Å². The highest BCUT2D eigenvalue weighted by Crippen LogP contribution is 2.24. The molecule has 2 nitrogen and oxygen atoms in total. The first-order chi connectivity index (χ1) is 10.3. The van der Waals surface area contributed by atoms with Crippen molar-refractivity contribution in [1.29, 1.82) is 0 Å². The summed E-state index contributed by atoms with van der Waals surface area (Å²) in [5.74, 6) is 0.666. The van der Waals surface area contributed by atoms with Gasteiger partial charge in [-0.05, 0) is 43.3 Å². The van der Waals surface area contributed by atoms with Crippen LogP contribution in [0.15, 0.2) is 59.0 Å². The Bertz CT molecular complexity index is 720. The van der Waals surface area contributed by atoms with Crippen LogP contribution in [0.2, 0.25) is 0 Å². The minimum absolute atomic E-state index is 0.229. The quantitative estimate of drug-likeness (QED) is 0.747. The lowest BCUT2D eigenvalue weighted by Crippen LogP contribution is -2.16. The Balaban J connectivity index is 1.73. The van der Waals surface area contributed by atoms with Crippen molar-refractivity contribution in [3.05, 3.63) is 71.7 Å². The fourth-order valence-electron chi connectivity index (χ4n) is 2.64. The molecule has 0 amide bonds. The van der Waals surface area contributed by atoms with Gasteiger partial charge in [-0.15, -0.1) is 0 Å². The van der Waals surface area contributed by atoms with E-state index in [1.165, 1.54) is 17.7 Å². The molecule has 3 heteroatoms. The lowest BCUT2D eigenvalue weighted by Gasteiger charge is -2.15. The summed E-state index contributed by atoms with van der Waals surface area (Å²) in [4.78, 5) is 0. The van der Waals surface area contributed by atoms with E-state index in [1.54, 1.807) is 6.07 Å². The maximum atomic E-state index is 13.2. The van der Waals surface area contributed by atoms with Gasteiger partial charge in [0.1, 0.15) is 17.2 Å². The van der Waals surface area contributed by atoms with Crippen LogP contribution in [0.25, 0.3) is 11.0 Å². The van der Waals surface area contributed by atoms with Gasteiger partial charge in [0.2, 0.25) is 0 Å². The topological polar surface area (TPSA) is 25.2 Å². The predicted octanol–water partition coefficient (Wildman–Crippen LogP) is 4.47. The summed E-state index contributed by atoms with van der Waals surface area (Å²) in [6.45, 7) is 0. The highest BCUT2D eigenvalue weighted by atomic mass is 19.1. The summed E-state index contributed by atoms with van der Waals surface area (Å²) in [6.07, 6.45) is 1.75. The van der Waals surface area contributed by atoms with Gasteiger partial charge in [-0.3, -0.25) is 0 Å². The molecule has 108 valence electrons. The van der Waals surface area contributed by atoms with Crippen LogP contribution in [-0.4, -0.2) is 7.05 Å². The van der Waals surface area contributed by atoms with E-state index in [0.717, 1.165) is 29.6 Å². The third-order valence-corrected chi connectivity index (χ3v) is 3.76. The summed E-state index contributed by atoms with van der Waals surface area (Å²) in [5.41, 5.74) is 2.01. The summed E-state index contributed by atoms with van der Waals surface area (Å²) >= 11 is 0. The summed E-state index contributed by atoms with van der Waals surface area (Å²) < 4.78 is 18.9. The first-order valence-electron chi connectivity index (χ1n) is 7.16. The molecule has 0 saturated carbocycles. The predicted molar refractivity (Wildman–Crippen MR) is 82.7 cm³/mol. The molecule has 1 heterocycles. The molecule has 0 bridgehead atoms. The van der Waals surface area contributed by atoms with Crippen LogP contribution in [0.4, 0.5) is 4.39 Å². The zero-order chi connectivity index (χ0) is 14.7. The van der Waals surface area contributed by atoms with Crippen LogP contribution in [0, 0.1) is 5.82 Å². The van der Waals surface area contributed by atoms with Gasteiger partial charge in [-0.1, -0.05) is 30.3 Å². The summed E-state index contributed by atoms with van der Waals surface area (Å²) in [5, 5.41) is 4.15. The van der Waals surface area contributed by atoms with E-state index in [4.69, 9.17) is 4.42 Å². The first-order valence-corrected chi connectivity index (χ1v) is 7.16. The molecule has 0 radical (unpaired) electrons. The fourth-order valence-corrected chi connectivity index (χ4v) is 2.64. The maximum absolute atomic E-state index is 13.2. The molecular weight excluding hydrogens is 265 g/mol. The van der Waals surface area contributed by atoms with Crippen LogP contribution in [-0.2, 0) is 6.42 Å². The highest BCUT2D eigenvalue weighted by Gasteiger charge is 2.11. The zero-order valence-corrected chi connectivity index (χ0v) is 12.0. The van der Waals surface area contributed by atoms with Gasteiger partial charge in [-0.2, -0.15) is 0 Å². The number of rotatable bonds is 5. The Morgan fingerprint density at radius 1 is 1.10 bits per heavy atom. The molecule has 1 unspecified atom stereocenters. The molecular formula is C18H18FNO. The number of nitrogens with one attached hydrogen (secondary N) is 1. The molecule has 0 aliphatic heterocycles. The minimum atomic E-state index is -0.229. The number of hydrogen-bond donors (Lipinski definition) is 1. The average molecular weight is 283 g/mol. The molecule has 1 aromatic heterocycles. The van der Waals surface area contributed by atoms with Crippen molar-refractivity contribution in [2.75, 3.05) is 7.05 Å². The normalized spacial score (nSPS) is 12.7. The molecule has 0 fully saturated rings. The molecule has 0 spiro atoms. The molecule has 3 aromatic rings. The van der Waals surface area contributed by atoms with Crippen molar-refractivity contribution >= 4 is 11.0 Å². The molecule has 0 aliphatic rings. The Morgan fingerprint density at radius 3 is 2.67 bits per heavy atom. The van der Waals surface area contributed by atoms with Crippen molar-refractivity contribution in [3.8, 4) is 0 Å². The van der Waals surface area contributed by atoms with Gasteiger partial charge in [-0.25, -0.2) is 4.39 Å². The highest BCUT2D eigenvalue weighted by molar-refractivity contribution is 5.77. The van der Waals surface area contributed by atoms with Crippen LogP contribution >= 0.6 is 0 Å². The standard InChI is InChI=1S/C18H18FNO/c1-20-17(13-5-3-2-4-6-13)9-8-16-12-14-11-15(19)7-10-18(14)21-16/h2-7,10-12,17,20H,8-9H2,1H3. The molecule has 0 aliphatic carbocycles. The monoisotopic (exact) mass is 283 g/mol. The van der Waals surface area contributed by atoms with E-state index in [9.17, 15) is 4.39 Å². The van der Waals surface area contributed by atoms with E-state index < -0.39 is 0 Å². The third-order valence-electron chi connectivity index (χ3n) is 3.76. The number of fused-ring (bicyclic) bond motifs is 1. The van der Waals surface area contributed by atoms with E-state index in [0.29, 0.717) is 0 Å². The number of benzene rings is 2. The molecule has 1 atom stereocenters. The van der Waals surface area contributed by atoms with Crippen molar-refractivity contribution in [1.82, 2.24) is 5.32 Å². The number of aryl methyl sites for hydroxylation is 1. The zero-order valence-electron chi connectivity index (χ0n) is 12.0. The molecule has 0 saturated heterocycles. The maximum Gasteiger partial charge on any atom is 0.134 e. The van der Waals surface area contributed by atoms with E-state index >= 15 is 0 Å². The van der Waals surface area contributed by atoms with Gasteiger partial charge >= 0.3 is 0 Å². The van der Waals surface area contributed by atoms with Gasteiger partial charge in [0, 0.05) is 17.8 Å². The smallest absolute Gasteiger partial charge is 0.134 e. The lowest BCUT2D eigenvalue weighted by molar-refractivity contribution is 0.489. The second-order valence-electron chi connectivity index (χ2n) is 5.19. The first kappa shape index (κ1) is 13.8. The van der Waals surface area contributed by atoms with Crippen molar-refractivity contribution in [3.63, 3.8) is 0 Å². The second-order valence-corrected chi connectivity index (χ2v) is 5.19. The van der Waals surface area contributed by atoms with E-state index in [1.807, 2.05) is 31.3 Å². The minimum Gasteiger partial charge on any atom is -0.461 e. The van der Waals surface area contributed by atoms with Gasteiger partial charge in [0.25, 0.3) is 0 Å². The Labute approximate surface area is 123 Å². The molecule has 21 heavy (non-hydrogen) atoms. The number of halogens is 1. The molecule has 2 aromatic carbocycles. The largest absolute Gasteiger partial charge is 0.461 e. The van der Waals surface area contributed by atoms with Crippen LogP contribution in [0.5, 0.6) is 0 Å². The Hall–Kier alpha value is -2.13. The van der Waals surface area contributed by atoms with Crippen molar-refractivity contribution < 1.29 is 8.81 Å². The fraction of sp³-hybridized carbons (Fsp3) is 0.222. The number of furan rings is 1. The van der Waals surface area contributed by atoms with Crippen LogP contribution in [0.3, 0.4) is 0 Å². The SMILES string of the molecule is CNC(CCc1cc2cc(F)ccc2o1)c1ccccc1. The molecule has 1 N–H and O–H groups in total. The van der Waals surface area contributed by atoms with Crippen LogP contribution in [0.1, 0.15) is 23.8 Å². The number of hydrogen-bond acceptors (Lipinski definition) is 2. The van der Waals surface area contributed by atoms with Crippen molar-refractivity contribution in [2.24, 2.45) is 0 Å². The Morgan fingerprint density at radius 2 is 1.90 bits per heavy atom. The van der Waals surface area contributed by atoms with E-state index in [2.05, 4.69) is 17.4 Å². The van der Waals surface area contributed by atoms with Crippen molar-refractivity contribution in [2.45, 2.75) is 18.9 Å². The summed E-state index contributed by atoms with van der Waals surface area (Å²) in [7, 11) is 1.96. The average Bonchev–Trinajstić information content (AvgIpc) is 2.91. The Kier molecular flexibility index (Phi) is 4.02. The van der Waals surface area contributed by atoms with Crippen LogP contribution < -0.4 is 5.32 Å². The summed E-state index contributed by atoms with van der Waals surface area (Å²) in [6, 6.07) is 17.2. The second kappa shape index (κ2) is 6.10. The lowest BCUT2D eigenvalue weighted by atomic mass is 10.0. The molecule has 3 rings (SSSR count). The third kappa shape index (κ3) is 3.14.